The average molecular weight is 396 g/mol. The lowest BCUT2D eigenvalue weighted by Gasteiger charge is -2.41. The number of carbonyl (C=O) groups is 2. The van der Waals surface area contributed by atoms with E-state index in [1.54, 1.807) is 0 Å². The van der Waals surface area contributed by atoms with E-state index in [4.69, 9.17) is 21.1 Å². The number of hydrogen-bond donors (Lipinski definition) is 2. The van der Waals surface area contributed by atoms with Gasteiger partial charge in [-0.25, -0.2) is 4.79 Å². The van der Waals surface area contributed by atoms with E-state index >= 15 is 0 Å². The third-order valence-corrected chi connectivity index (χ3v) is 5.87. The minimum Gasteiger partial charge on any atom is -0.480 e. The molecule has 1 aromatic rings. The number of carboxylic acids is 1. The fourth-order valence-electron chi connectivity index (χ4n) is 4.11. The van der Waals surface area contributed by atoms with Crippen LogP contribution in [0.2, 0.25) is 5.02 Å². The molecule has 7 heteroatoms. The lowest BCUT2D eigenvalue weighted by molar-refractivity contribution is -0.198. The average Bonchev–Trinajstić information content (AvgIpc) is 2.94. The summed E-state index contributed by atoms with van der Waals surface area (Å²) < 4.78 is 11.6. The number of ether oxygens (including phenoxy) is 2. The zero-order valence-corrected chi connectivity index (χ0v) is 16.7. The number of halogens is 1. The van der Waals surface area contributed by atoms with Gasteiger partial charge in [-0.15, -0.1) is 0 Å². The van der Waals surface area contributed by atoms with E-state index in [2.05, 4.69) is 5.32 Å². The SMILES string of the molecule is Cc1cc(Cl)cc(C)c1CC(=O)NC1(C(=O)O)CCC2(CC1)OCC(C)O2. The Labute approximate surface area is 164 Å². The summed E-state index contributed by atoms with van der Waals surface area (Å²) in [7, 11) is 0. The predicted octanol–water partition coefficient (Wildman–Crippen LogP) is 3.14. The molecule has 1 heterocycles. The van der Waals surface area contributed by atoms with Crippen molar-refractivity contribution in [2.24, 2.45) is 0 Å². The molecule has 148 valence electrons. The highest BCUT2D eigenvalue weighted by Gasteiger charge is 2.51. The molecule has 1 aromatic carbocycles. The molecule has 0 aromatic heterocycles. The summed E-state index contributed by atoms with van der Waals surface area (Å²) in [5, 5.41) is 13.2. The Bertz CT molecular complexity index is 732. The van der Waals surface area contributed by atoms with Crippen LogP contribution >= 0.6 is 11.6 Å². The number of hydrogen-bond acceptors (Lipinski definition) is 4. The Morgan fingerprint density at radius 3 is 2.30 bits per heavy atom. The van der Waals surface area contributed by atoms with Crippen molar-refractivity contribution >= 4 is 23.5 Å². The van der Waals surface area contributed by atoms with Crippen LogP contribution in [0, 0.1) is 13.8 Å². The number of aliphatic carboxylic acids is 1. The van der Waals surface area contributed by atoms with Crippen molar-refractivity contribution in [1.29, 1.82) is 0 Å². The van der Waals surface area contributed by atoms with Gasteiger partial charge >= 0.3 is 5.97 Å². The van der Waals surface area contributed by atoms with Crippen LogP contribution in [0.25, 0.3) is 0 Å². The minimum atomic E-state index is -1.28. The van der Waals surface area contributed by atoms with Crippen molar-refractivity contribution < 1.29 is 24.2 Å². The number of carboxylic acid groups (broad SMARTS) is 1. The molecule has 27 heavy (non-hydrogen) atoms. The molecule has 0 bridgehead atoms. The third-order valence-electron chi connectivity index (χ3n) is 5.65. The molecule has 3 rings (SSSR count). The first kappa shape index (κ1) is 20.1. The topological polar surface area (TPSA) is 84.9 Å². The second-order valence-corrected chi connectivity index (χ2v) is 8.22. The summed E-state index contributed by atoms with van der Waals surface area (Å²) in [5.41, 5.74) is 1.43. The standard InChI is InChI=1S/C20H26ClNO5/c1-12-8-15(21)9-13(2)16(12)10-17(23)22-19(18(24)25)4-6-20(7-5-19)26-11-14(3)27-20/h8-9,14H,4-7,10-11H2,1-3H3,(H,22,23)(H,24,25). The van der Waals surface area contributed by atoms with Gasteiger partial charge in [0.1, 0.15) is 5.54 Å². The maximum absolute atomic E-state index is 12.7. The molecule has 1 amide bonds. The van der Waals surface area contributed by atoms with Crippen LogP contribution in [-0.4, -0.2) is 41.0 Å². The van der Waals surface area contributed by atoms with Crippen LogP contribution < -0.4 is 5.32 Å². The molecule has 1 aliphatic heterocycles. The van der Waals surface area contributed by atoms with Crippen molar-refractivity contribution in [3.8, 4) is 0 Å². The van der Waals surface area contributed by atoms with Crippen LogP contribution in [0.15, 0.2) is 12.1 Å². The number of amides is 1. The van der Waals surface area contributed by atoms with Gasteiger partial charge in [-0.05, 0) is 62.4 Å². The Morgan fingerprint density at radius 2 is 1.81 bits per heavy atom. The summed E-state index contributed by atoms with van der Waals surface area (Å²) >= 11 is 6.05. The number of nitrogens with one attached hydrogen (secondary N) is 1. The van der Waals surface area contributed by atoms with Crippen LogP contribution in [0.5, 0.6) is 0 Å². The first-order valence-corrected chi connectivity index (χ1v) is 9.64. The molecule has 1 aliphatic carbocycles. The van der Waals surface area contributed by atoms with Gasteiger partial charge in [0.15, 0.2) is 5.79 Å². The lowest BCUT2D eigenvalue weighted by Crippen LogP contribution is -2.59. The molecule has 6 nitrogen and oxygen atoms in total. The Hall–Kier alpha value is -1.63. The van der Waals surface area contributed by atoms with Gasteiger partial charge in [-0.2, -0.15) is 0 Å². The van der Waals surface area contributed by atoms with E-state index in [0.29, 0.717) is 24.5 Å². The van der Waals surface area contributed by atoms with Gasteiger partial charge in [0, 0.05) is 17.9 Å². The van der Waals surface area contributed by atoms with E-state index in [-0.39, 0.29) is 31.3 Å². The second-order valence-electron chi connectivity index (χ2n) is 7.78. The van der Waals surface area contributed by atoms with Crippen molar-refractivity contribution in [2.75, 3.05) is 6.61 Å². The molecule has 1 unspecified atom stereocenters. The summed E-state index contributed by atoms with van der Waals surface area (Å²) in [4.78, 5) is 24.7. The molecule has 2 N–H and O–H groups in total. The van der Waals surface area contributed by atoms with Gasteiger partial charge in [0.05, 0.1) is 19.1 Å². The fourth-order valence-corrected chi connectivity index (χ4v) is 4.43. The molecule has 2 fully saturated rings. The number of rotatable bonds is 4. The highest BCUT2D eigenvalue weighted by Crippen LogP contribution is 2.42. The van der Waals surface area contributed by atoms with E-state index in [1.807, 2.05) is 32.9 Å². The molecular formula is C20H26ClNO5. The van der Waals surface area contributed by atoms with E-state index in [0.717, 1.165) is 16.7 Å². The Morgan fingerprint density at radius 1 is 1.22 bits per heavy atom. The molecule has 1 saturated carbocycles. The maximum atomic E-state index is 12.7. The summed E-state index contributed by atoms with van der Waals surface area (Å²) in [5.74, 6) is -2.02. The van der Waals surface area contributed by atoms with E-state index in [9.17, 15) is 14.7 Å². The van der Waals surface area contributed by atoms with Crippen LogP contribution in [0.1, 0.15) is 49.3 Å². The molecular weight excluding hydrogens is 370 g/mol. The largest absolute Gasteiger partial charge is 0.480 e. The van der Waals surface area contributed by atoms with Gasteiger partial charge in [0.2, 0.25) is 5.91 Å². The van der Waals surface area contributed by atoms with Gasteiger partial charge in [0.25, 0.3) is 0 Å². The third kappa shape index (κ3) is 4.13. The van der Waals surface area contributed by atoms with Crippen LogP contribution in [0.4, 0.5) is 0 Å². The van der Waals surface area contributed by atoms with Crippen LogP contribution in [0.3, 0.4) is 0 Å². The highest BCUT2D eigenvalue weighted by atomic mass is 35.5. The minimum absolute atomic E-state index is 0.00720. The van der Waals surface area contributed by atoms with Gasteiger partial charge in [-0.3, -0.25) is 4.79 Å². The van der Waals surface area contributed by atoms with E-state index < -0.39 is 17.3 Å². The summed E-state index contributed by atoms with van der Waals surface area (Å²) in [6.45, 7) is 6.25. The summed E-state index contributed by atoms with van der Waals surface area (Å²) in [6.07, 6.45) is 1.58. The zero-order valence-electron chi connectivity index (χ0n) is 15.9. The lowest BCUT2D eigenvalue weighted by atomic mass is 9.78. The second kappa shape index (κ2) is 7.41. The van der Waals surface area contributed by atoms with Crippen molar-refractivity contribution in [2.45, 2.75) is 70.3 Å². The van der Waals surface area contributed by atoms with Crippen molar-refractivity contribution in [3.63, 3.8) is 0 Å². The molecule has 1 atom stereocenters. The first-order chi connectivity index (χ1) is 12.6. The molecule has 0 radical (unpaired) electrons. The predicted molar refractivity (Wildman–Crippen MR) is 101 cm³/mol. The summed E-state index contributed by atoms with van der Waals surface area (Å²) in [6, 6.07) is 3.62. The number of benzene rings is 1. The van der Waals surface area contributed by atoms with Gasteiger partial charge < -0.3 is 19.9 Å². The van der Waals surface area contributed by atoms with Crippen molar-refractivity contribution in [1.82, 2.24) is 5.32 Å². The smallest absolute Gasteiger partial charge is 0.329 e. The maximum Gasteiger partial charge on any atom is 0.329 e. The molecule has 2 aliphatic rings. The Balaban J connectivity index is 1.70. The number of carbonyl (C=O) groups excluding carboxylic acids is 1. The number of aryl methyl sites for hydroxylation is 2. The Kier molecular flexibility index (Phi) is 5.52. The zero-order chi connectivity index (χ0) is 19.8. The normalized spacial score (nSPS) is 30.4. The highest BCUT2D eigenvalue weighted by molar-refractivity contribution is 6.30. The monoisotopic (exact) mass is 395 g/mol. The van der Waals surface area contributed by atoms with Crippen molar-refractivity contribution in [3.05, 3.63) is 33.8 Å². The quantitative estimate of drug-likeness (QED) is 0.818. The molecule has 1 saturated heterocycles. The van der Waals surface area contributed by atoms with Crippen LogP contribution in [-0.2, 0) is 25.5 Å². The molecule has 1 spiro atoms. The van der Waals surface area contributed by atoms with E-state index in [1.165, 1.54) is 0 Å². The van der Waals surface area contributed by atoms with Gasteiger partial charge in [-0.1, -0.05) is 11.6 Å². The first-order valence-electron chi connectivity index (χ1n) is 9.27. The fraction of sp³-hybridized carbons (Fsp3) is 0.600.